The summed E-state index contributed by atoms with van der Waals surface area (Å²) in [5.41, 5.74) is -0.649. The van der Waals surface area contributed by atoms with Gasteiger partial charge in [0.05, 0.1) is 29.1 Å². The largest absolute Gasteiger partial charge is 0.411 e. The summed E-state index contributed by atoms with van der Waals surface area (Å²) in [6.07, 6.45) is 5.94. The average Bonchev–Trinajstić information content (AvgIpc) is 2.70. The number of nitrogens with zero attached hydrogens (tertiary/aromatic N) is 2. The number of rotatable bonds is 5. The van der Waals surface area contributed by atoms with E-state index in [0.717, 1.165) is 17.9 Å². The maximum absolute atomic E-state index is 13.8. The van der Waals surface area contributed by atoms with Crippen molar-refractivity contribution in [1.82, 2.24) is 9.97 Å². The van der Waals surface area contributed by atoms with Gasteiger partial charge >= 0.3 is 0 Å². The molecular formula is C22H34N2O4SSi. The molecular weight excluding hydrogens is 416 g/mol. The third kappa shape index (κ3) is 4.42. The van der Waals surface area contributed by atoms with Crippen LogP contribution in [0.25, 0.3) is 0 Å². The molecule has 0 bridgehead atoms. The Labute approximate surface area is 185 Å². The Morgan fingerprint density at radius 1 is 1.33 bits per heavy atom. The van der Waals surface area contributed by atoms with Crippen LogP contribution in [0.2, 0.25) is 18.1 Å². The topological polar surface area (TPSA) is 78.4 Å². The standard InChI is InChI=1S/C22H34N2O4SSi/c1-21(2,3)30(5,6)28-16-14-27-13-11-22(16)10-7-8-15(19(22)26)18(25)20-23-12-9-17(24-20)29-4/h9,12,15-16H,7-8,10-11,13-14H2,1-6H3. The quantitative estimate of drug-likeness (QED) is 0.214. The number of thioether (sulfide) groups is 1. The van der Waals surface area contributed by atoms with Crippen LogP contribution in [0, 0.1) is 11.3 Å². The van der Waals surface area contributed by atoms with Crippen molar-refractivity contribution in [1.29, 1.82) is 0 Å². The smallest absolute Gasteiger partial charge is 0.210 e. The van der Waals surface area contributed by atoms with Gasteiger partial charge in [-0.1, -0.05) is 27.2 Å². The Morgan fingerprint density at radius 2 is 2.07 bits per heavy atom. The molecule has 1 aromatic heterocycles. The van der Waals surface area contributed by atoms with E-state index in [4.69, 9.17) is 9.16 Å². The zero-order valence-electron chi connectivity index (χ0n) is 19.0. The number of carbonyl (C=O) groups excluding carboxylic acids is 2. The molecule has 6 nitrogen and oxygen atoms in total. The molecule has 2 fully saturated rings. The van der Waals surface area contributed by atoms with Crippen molar-refractivity contribution < 1.29 is 18.8 Å². The number of ether oxygens (including phenoxy) is 1. The molecule has 0 aromatic carbocycles. The van der Waals surface area contributed by atoms with Crippen LogP contribution in [-0.4, -0.2) is 55.4 Å². The van der Waals surface area contributed by atoms with Gasteiger partial charge in [-0.2, -0.15) is 0 Å². The summed E-state index contributed by atoms with van der Waals surface area (Å²) in [5, 5.41) is 0.765. The summed E-state index contributed by atoms with van der Waals surface area (Å²) >= 11 is 1.46. The second-order valence-corrected chi connectivity index (χ2v) is 15.5. The van der Waals surface area contributed by atoms with Crippen LogP contribution in [0.5, 0.6) is 0 Å². The summed E-state index contributed by atoms with van der Waals surface area (Å²) in [4.78, 5) is 35.6. The molecule has 2 aliphatic rings. The van der Waals surface area contributed by atoms with Gasteiger partial charge in [-0.05, 0) is 49.7 Å². The molecule has 30 heavy (non-hydrogen) atoms. The second kappa shape index (κ2) is 8.80. The van der Waals surface area contributed by atoms with Crippen LogP contribution in [0.4, 0.5) is 0 Å². The summed E-state index contributed by atoms with van der Waals surface area (Å²) in [5.74, 6) is -0.804. The summed E-state index contributed by atoms with van der Waals surface area (Å²) < 4.78 is 12.5. The van der Waals surface area contributed by atoms with Crippen molar-refractivity contribution in [2.75, 3.05) is 19.5 Å². The molecule has 1 aromatic rings. The molecule has 3 rings (SSSR count). The van der Waals surface area contributed by atoms with Crippen LogP contribution in [0.3, 0.4) is 0 Å². The van der Waals surface area contributed by atoms with Crippen molar-refractivity contribution in [2.45, 2.75) is 75.7 Å². The monoisotopic (exact) mass is 450 g/mol. The van der Waals surface area contributed by atoms with E-state index in [1.807, 2.05) is 6.26 Å². The normalized spacial score (nSPS) is 28.0. The predicted octanol–water partition coefficient (Wildman–Crippen LogP) is 4.55. The van der Waals surface area contributed by atoms with E-state index in [9.17, 15) is 9.59 Å². The molecule has 1 aliphatic carbocycles. The first kappa shape index (κ1) is 23.6. The third-order valence-electron chi connectivity index (χ3n) is 7.12. The summed E-state index contributed by atoms with van der Waals surface area (Å²) in [6, 6.07) is 1.77. The maximum atomic E-state index is 13.8. The van der Waals surface area contributed by atoms with Crippen molar-refractivity contribution in [3.05, 3.63) is 18.1 Å². The lowest BCUT2D eigenvalue weighted by atomic mass is 9.62. The van der Waals surface area contributed by atoms with Crippen molar-refractivity contribution >= 4 is 31.6 Å². The van der Waals surface area contributed by atoms with E-state index in [2.05, 4.69) is 43.8 Å². The number of aromatic nitrogens is 2. The number of ketones is 2. The molecule has 0 amide bonds. The van der Waals surface area contributed by atoms with Crippen LogP contribution in [0.1, 0.15) is 57.1 Å². The molecule has 3 atom stereocenters. The first-order valence-electron chi connectivity index (χ1n) is 10.7. The Kier molecular flexibility index (Phi) is 6.92. The molecule has 1 saturated heterocycles. The van der Waals surface area contributed by atoms with E-state index < -0.39 is 19.7 Å². The van der Waals surface area contributed by atoms with E-state index in [1.165, 1.54) is 11.8 Å². The highest BCUT2D eigenvalue weighted by Gasteiger charge is 2.55. The molecule has 1 spiro atoms. The van der Waals surface area contributed by atoms with Gasteiger partial charge in [0, 0.05) is 12.8 Å². The zero-order valence-corrected chi connectivity index (χ0v) is 20.8. The Morgan fingerprint density at radius 3 is 2.73 bits per heavy atom. The molecule has 1 saturated carbocycles. The van der Waals surface area contributed by atoms with Gasteiger partial charge in [-0.25, -0.2) is 9.97 Å². The Bertz CT molecular complexity index is 807. The highest BCUT2D eigenvalue weighted by molar-refractivity contribution is 7.98. The van der Waals surface area contributed by atoms with Crippen LogP contribution >= 0.6 is 11.8 Å². The predicted molar refractivity (Wildman–Crippen MR) is 120 cm³/mol. The lowest BCUT2D eigenvalue weighted by Crippen LogP contribution is -2.59. The van der Waals surface area contributed by atoms with Crippen molar-refractivity contribution in [3.63, 3.8) is 0 Å². The van der Waals surface area contributed by atoms with Gasteiger partial charge in [0.25, 0.3) is 0 Å². The van der Waals surface area contributed by atoms with Crippen LogP contribution in [-0.2, 0) is 14.0 Å². The van der Waals surface area contributed by atoms with Gasteiger partial charge in [-0.3, -0.25) is 9.59 Å². The fraction of sp³-hybridized carbons (Fsp3) is 0.727. The lowest BCUT2D eigenvalue weighted by Gasteiger charge is -2.50. The highest BCUT2D eigenvalue weighted by atomic mass is 32.2. The molecule has 8 heteroatoms. The fourth-order valence-electron chi connectivity index (χ4n) is 4.22. The van der Waals surface area contributed by atoms with E-state index in [1.54, 1.807) is 12.3 Å². The van der Waals surface area contributed by atoms with Crippen molar-refractivity contribution in [3.8, 4) is 0 Å². The minimum Gasteiger partial charge on any atom is -0.411 e. The van der Waals surface area contributed by atoms with Crippen molar-refractivity contribution in [2.24, 2.45) is 11.3 Å². The summed E-state index contributed by atoms with van der Waals surface area (Å²) in [6.45, 7) is 11.9. The Hall–Kier alpha value is -1.09. The molecule has 0 N–H and O–H groups in total. The SMILES string of the molecule is CSc1ccnc(C(=O)C2CCCC3(CCOCC3O[Si](C)(C)C(C)(C)C)C2=O)n1. The minimum absolute atomic E-state index is 0.00362. The van der Waals surface area contributed by atoms with Gasteiger partial charge in [0.1, 0.15) is 0 Å². The zero-order chi connectivity index (χ0) is 22.2. The Balaban J connectivity index is 1.89. The van der Waals surface area contributed by atoms with E-state index >= 15 is 0 Å². The maximum Gasteiger partial charge on any atom is 0.210 e. The highest BCUT2D eigenvalue weighted by Crippen LogP contribution is 2.48. The fourth-order valence-corrected chi connectivity index (χ4v) is 5.95. The molecule has 1 aliphatic heterocycles. The molecule has 3 unspecified atom stereocenters. The minimum atomic E-state index is -2.10. The molecule has 0 radical (unpaired) electrons. The first-order valence-corrected chi connectivity index (χ1v) is 14.9. The van der Waals surface area contributed by atoms with Gasteiger partial charge in [-0.15, -0.1) is 11.8 Å². The van der Waals surface area contributed by atoms with Crippen LogP contribution < -0.4 is 0 Å². The second-order valence-electron chi connectivity index (χ2n) is 9.94. The van der Waals surface area contributed by atoms with Gasteiger partial charge < -0.3 is 9.16 Å². The average molecular weight is 451 g/mol. The van der Waals surface area contributed by atoms with Gasteiger partial charge in [0.15, 0.2) is 19.9 Å². The van der Waals surface area contributed by atoms with E-state index in [0.29, 0.717) is 26.1 Å². The molecule has 2 heterocycles. The number of hydrogen-bond acceptors (Lipinski definition) is 7. The number of carbonyl (C=O) groups is 2. The van der Waals surface area contributed by atoms with Gasteiger partial charge in [0.2, 0.25) is 5.78 Å². The lowest BCUT2D eigenvalue weighted by molar-refractivity contribution is -0.156. The number of hydrogen-bond donors (Lipinski definition) is 0. The van der Waals surface area contributed by atoms with Crippen LogP contribution in [0.15, 0.2) is 17.3 Å². The molecule has 166 valence electrons. The number of Topliss-reactive ketones (excluding diaryl/α,β-unsaturated/α-hetero) is 2. The third-order valence-corrected chi connectivity index (χ3v) is 12.3. The van der Waals surface area contributed by atoms with E-state index in [-0.39, 0.29) is 28.5 Å². The first-order chi connectivity index (χ1) is 14.0. The summed E-state index contributed by atoms with van der Waals surface area (Å²) in [7, 11) is -2.10.